The zero-order valence-corrected chi connectivity index (χ0v) is 11.3. The van der Waals surface area contributed by atoms with Crippen LogP contribution in [-0.2, 0) is 20.6 Å². The molecular weight excluding hydrogens is 289 g/mol. The second-order valence-corrected chi connectivity index (χ2v) is 6.62. The molecule has 110 valence electrons. The van der Waals surface area contributed by atoms with Gasteiger partial charge in [0.15, 0.2) is 0 Å². The third-order valence-corrected chi connectivity index (χ3v) is 4.95. The molecule has 6 nitrogen and oxygen atoms in total. The molecular formula is C12H14FNO5S. The Bertz CT molecular complexity index is 601. The average Bonchev–Trinajstić information content (AvgIpc) is 2.75. The summed E-state index contributed by atoms with van der Waals surface area (Å²) in [6.45, 7) is -0.236. The van der Waals surface area contributed by atoms with E-state index < -0.39 is 39.7 Å². The molecule has 2 rings (SSSR count). The Kier molecular flexibility index (Phi) is 4.07. The van der Waals surface area contributed by atoms with Crippen molar-refractivity contribution in [2.75, 3.05) is 6.54 Å². The van der Waals surface area contributed by atoms with Crippen molar-refractivity contribution in [2.45, 2.75) is 24.3 Å². The third-order valence-electron chi connectivity index (χ3n) is 3.14. The minimum Gasteiger partial charge on any atom is -0.480 e. The highest BCUT2D eigenvalue weighted by atomic mass is 32.2. The number of sulfonamides is 1. The third kappa shape index (κ3) is 3.14. The number of rotatable bonds is 4. The second-order valence-electron chi connectivity index (χ2n) is 4.70. The highest BCUT2D eigenvalue weighted by Gasteiger charge is 2.42. The van der Waals surface area contributed by atoms with E-state index >= 15 is 0 Å². The standard InChI is InChI=1S/C12H14FNO5S/c13-9-3-1-8(2-4-9)7-20(18,19)14-6-10(15)5-11(14)12(16)17/h1-4,10-11,15H,5-7H2,(H,16,17)/t10-,11+/m1/s1. The van der Waals surface area contributed by atoms with Gasteiger partial charge in [-0.1, -0.05) is 12.1 Å². The molecule has 1 aliphatic heterocycles. The number of hydrogen-bond acceptors (Lipinski definition) is 4. The van der Waals surface area contributed by atoms with Gasteiger partial charge >= 0.3 is 5.97 Å². The molecule has 8 heteroatoms. The average molecular weight is 303 g/mol. The maximum atomic E-state index is 12.8. The number of nitrogens with zero attached hydrogens (tertiary/aromatic N) is 1. The monoisotopic (exact) mass is 303 g/mol. The van der Waals surface area contributed by atoms with Crippen molar-refractivity contribution in [1.82, 2.24) is 4.31 Å². The molecule has 20 heavy (non-hydrogen) atoms. The number of hydrogen-bond donors (Lipinski definition) is 2. The summed E-state index contributed by atoms with van der Waals surface area (Å²) in [5.74, 6) is -2.19. The number of carbonyl (C=O) groups is 1. The lowest BCUT2D eigenvalue weighted by atomic mass is 10.2. The first-order valence-corrected chi connectivity index (χ1v) is 7.55. The van der Waals surface area contributed by atoms with Crippen LogP contribution in [0.4, 0.5) is 4.39 Å². The van der Waals surface area contributed by atoms with Gasteiger partial charge in [-0.05, 0) is 17.7 Å². The van der Waals surface area contributed by atoms with Crippen LogP contribution < -0.4 is 0 Å². The number of carboxylic acids is 1. The second kappa shape index (κ2) is 5.47. The summed E-state index contributed by atoms with van der Waals surface area (Å²) in [4.78, 5) is 11.0. The molecule has 0 saturated carbocycles. The van der Waals surface area contributed by atoms with Crippen molar-refractivity contribution < 1.29 is 27.8 Å². The quantitative estimate of drug-likeness (QED) is 0.827. The first kappa shape index (κ1) is 14.9. The maximum absolute atomic E-state index is 12.8. The van der Waals surface area contributed by atoms with Crippen LogP contribution in [0, 0.1) is 5.82 Å². The van der Waals surface area contributed by atoms with E-state index in [4.69, 9.17) is 5.11 Å². The van der Waals surface area contributed by atoms with Crippen molar-refractivity contribution in [1.29, 1.82) is 0 Å². The minimum atomic E-state index is -3.88. The molecule has 2 atom stereocenters. The summed E-state index contributed by atoms with van der Waals surface area (Å²) in [5, 5.41) is 18.5. The number of aliphatic hydroxyl groups is 1. The largest absolute Gasteiger partial charge is 0.480 e. The Labute approximate surface area is 115 Å². The van der Waals surface area contributed by atoms with E-state index in [0.29, 0.717) is 5.56 Å². The van der Waals surface area contributed by atoms with Crippen LogP contribution >= 0.6 is 0 Å². The number of aliphatic carboxylic acids is 1. The molecule has 0 spiro atoms. The van der Waals surface area contributed by atoms with Gasteiger partial charge in [0.05, 0.1) is 11.9 Å². The lowest BCUT2D eigenvalue weighted by molar-refractivity contribution is -0.140. The number of β-amino-alcohol motifs (C(OH)–C–C–N with tert-alkyl or cyclic N) is 1. The fourth-order valence-corrected chi connectivity index (χ4v) is 3.93. The Morgan fingerprint density at radius 1 is 1.35 bits per heavy atom. The van der Waals surface area contributed by atoms with Crippen LogP contribution in [0.5, 0.6) is 0 Å². The molecule has 1 aromatic rings. The molecule has 0 bridgehead atoms. The van der Waals surface area contributed by atoms with Crippen molar-refractivity contribution in [2.24, 2.45) is 0 Å². The Hall–Kier alpha value is -1.51. The first-order chi connectivity index (χ1) is 9.29. The summed E-state index contributed by atoms with van der Waals surface area (Å²) in [6.07, 6.45) is -1.11. The molecule has 2 N–H and O–H groups in total. The van der Waals surface area contributed by atoms with E-state index in [1.807, 2.05) is 0 Å². The van der Waals surface area contributed by atoms with Gasteiger partial charge < -0.3 is 10.2 Å². The molecule has 1 aromatic carbocycles. The van der Waals surface area contributed by atoms with Gasteiger partial charge in [-0.15, -0.1) is 0 Å². The van der Waals surface area contributed by atoms with Crippen molar-refractivity contribution in [3.8, 4) is 0 Å². The SMILES string of the molecule is O=C(O)[C@@H]1C[C@@H](O)CN1S(=O)(=O)Cc1ccc(F)cc1. The van der Waals surface area contributed by atoms with E-state index in [1.54, 1.807) is 0 Å². The fraction of sp³-hybridized carbons (Fsp3) is 0.417. The van der Waals surface area contributed by atoms with Gasteiger partial charge in [0, 0.05) is 13.0 Å². The molecule has 0 aliphatic carbocycles. The minimum absolute atomic E-state index is 0.127. The fourth-order valence-electron chi connectivity index (χ4n) is 2.19. The molecule has 0 aromatic heterocycles. The zero-order chi connectivity index (χ0) is 14.9. The lowest BCUT2D eigenvalue weighted by Gasteiger charge is -2.20. The summed E-state index contributed by atoms with van der Waals surface area (Å²) >= 11 is 0. The smallest absolute Gasteiger partial charge is 0.322 e. The first-order valence-electron chi connectivity index (χ1n) is 5.94. The van der Waals surface area contributed by atoms with Gasteiger partial charge in [-0.3, -0.25) is 4.79 Å². The van der Waals surface area contributed by atoms with Crippen LogP contribution in [0.25, 0.3) is 0 Å². The van der Waals surface area contributed by atoms with E-state index in [-0.39, 0.29) is 13.0 Å². The van der Waals surface area contributed by atoms with E-state index in [0.717, 1.165) is 16.4 Å². The molecule has 1 saturated heterocycles. The van der Waals surface area contributed by atoms with Gasteiger partial charge in [-0.2, -0.15) is 4.31 Å². The summed E-state index contributed by atoms with van der Waals surface area (Å²) in [7, 11) is -3.88. The molecule has 0 unspecified atom stereocenters. The molecule has 0 radical (unpaired) electrons. The van der Waals surface area contributed by atoms with Crippen LogP contribution in [0.15, 0.2) is 24.3 Å². The van der Waals surface area contributed by atoms with Crippen molar-refractivity contribution in [3.05, 3.63) is 35.6 Å². The van der Waals surface area contributed by atoms with Gasteiger partial charge in [0.2, 0.25) is 10.0 Å². The van der Waals surface area contributed by atoms with Gasteiger partial charge in [0.1, 0.15) is 11.9 Å². The predicted molar refractivity (Wildman–Crippen MR) is 67.8 cm³/mol. The number of aliphatic hydroxyl groups excluding tert-OH is 1. The van der Waals surface area contributed by atoms with Gasteiger partial charge in [-0.25, -0.2) is 12.8 Å². The topological polar surface area (TPSA) is 94.9 Å². The van der Waals surface area contributed by atoms with E-state index in [9.17, 15) is 22.7 Å². The molecule has 1 aliphatic rings. The number of benzene rings is 1. The molecule has 0 amide bonds. The Morgan fingerprint density at radius 2 is 1.95 bits per heavy atom. The van der Waals surface area contributed by atoms with Crippen LogP contribution in [0.2, 0.25) is 0 Å². The predicted octanol–water partition coefficient (Wildman–Crippen LogP) is 0.175. The summed E-state index contributed by atoms with van der Waals surface area (Å²) < 4.78 is 38.0. The highest BCUT2D eigenvalue weighted by Crippen LogP contribution is 2.24. The van der Waals surface area contributed by atoms with Crippen molar-refractivity contribution in [3.63, 3.8) is 0 Å². The van der Waals surface area contributed by atoms with Crippen molar-refractivity contribution >= 4 is 16.0 Å². The highest BCUT2D eigenvalue weighted by molar-refractivity contribution is 7.88. The van der Waals surface area contributed by atoms with E-state index in [1.165, 1.54) is 12.1 Å². The van der Waals surface area contributed by atoms with Crippen LogP contribution in [-0.4, -0.2) is 47.6 Å². The Balaban J connectivity index is 2.21. The van der Waals surface area contributed by atoms with E-state index in [2.05, 4.69) is 0 Å². The molecule has 1 fully saturated rings. The summed E-state index contributed by atoms with van der Waals surface area (Å²) in [5.41, 5.74) is 0.358. The zero-order valence-electron chi connectivity index (χ0n) is 10.4. The van der Waals surface area contributed by atoms with Gasteiger partial charge in [0.25, 0.3) is 0 Å². The number of halogens is 1. The maximum Gasteiger partial charge on any atom is 0.322 e. The summed E-state index contributed by atoms with van der Waals surface area (Å²) in [6, 6.07) is 3.68. The number of carboxylic acid groups (broad SMARTS) is 1. The Morgan fingerprint density at radius 3 is 2.50 bits per heavy atom. The molecule has 1 heterocycles. The van der Waals surface area contributed by atoms with Crippen LogP contribution in [0.1, 0.15) is 12.0 Å². The van der Waals surface area contributed by atoms with Crippen LogP contribution in [0.3, 0.4) is 0 Å². The normalized spacial score (nSPS) is 23.9. The lowest BCUT2D eigenvalue weighted by Crippen LogP contribution is -2.41.